The van der Waals surface area contributed by atoms with Crippen LogP contribution in [-0.4, -0.2) is 12.7 Å². The van der Waals surface area contributed by atoms with Crippen molar-refractivity contribution in [2.75, 3.05) is 6.61 Å². The van der Waals surface area contributed by atoms with Gasteiger partial charge in [0.15, 0.2) is 0 Å². The van der Waals surface area contributed by atoms with Crippen molar-refractivity contribution >= 4 is 0 Å². The molecule has 0 aromatic rings. The molecule has 0 unspecified atom stereocenters. The molecule has 0 amide bonds. The van der Waals surface area contributed by atoms with E-state index in [4.69, 9.17) is 4.74 Å². The molecule has 0 spiro atoms. The molecule has 0 bridgehead atoms. The Hall–Kier alpha value is -0.0400. The Morgan fingerprint density at radius 3 is 2.68 bits per heavy atom. The van der Waals surface area contributed by atoms with Gasteiger partial charge in [0.2, 0.25) is 0 Å². The molecule has 19 heavy (non-hydrogen) atoms. The fourth-order valence-electron chi connectivity index (χ4n) is 6.54. The van der Waals surface area contributed by atoms with Crippen molar-refractivity contribution in [2.45, 2.75) is 77.7 Å². The third-order valence-electron chi connectivity index (χ3n) is 7.74. The van der Waals surface area contributed by atoms with Gasteiger partial charge in [-0.3, -0.25) is 0 Å². The van der Waals surface area contributed by atoms with E-state index < -0.39 is 0 Å². The highest BCUT2D eigenvalue weighted by Gasteiger charge is 2.57. The molecule has 4 aliphatic rings. The second kappa shape index (κ2) is 4.23. The molecule has 0 N–H and O–H groups in total. The maximum absolute atomic E-state index is 6.25. The average molecular weight is 262 g/mol. The fourth-order valence-corrected chi connectivity index (χ4v) is 6.54. The molecular weight excluding hydrogens is 232 g/mol. The molecule has 108 valence electrons. The monoisotopic (exact) mass is 262 g/mol. The summed E-state index contributed by atoms with van der Waals surface area (Å²) in [6.07, 6.45) is 13.8. The standard InChI is InChI=1S/C18H30O/c1-17-10-8-15-14(16(17)19-12-11-17)7-6-13-5-3-4-9-18(13,15)2/h13-16H,3-12H2,1-2H3/t13-,14-,15+,16+,17-,18+/m1/s1. The molecule has 1 nitrogen and oxygen atoms in total. The summed E-state index contributed by atoms with van der Waals surface area (Å²) < 4.78 is 6.25. The van der Waals surface area contributed by atoms with Gasteiger partial charge in [-0.05, 0) is 73.5 Å². The summed E-state index contributed by atoms with van der Waals surface area (Å²) in [6.45, 7) is 6.19. The van der Waals surface area contributed by atoms with Crippen molar-refractivity contribution in [3.63, 3.8) is 0 Å². The van der Waals surface area contributed by atoms with Crippen LogP contribution in [0.15, 0.2) is 0 Å². The third kappa shape index (κ3) is 1.69. The molecule has 6 atom stereocenters. The quantitative estimate of drug-likeness (QED) is 0.609. The Morgan fingerprint density at radius 2 is 1.79 bits per heavy atom. The zero-order valence-corrected chi connectivity index (χ0v) is 12.8. The summed E-state index contributed by atoms with van der Waals surface area (Å²) in [5.41, 5.74) is 1.19. The zero-order valence-electron chi connectivity index (χ0n) is 12.8. The first kappa shape index (κ1) is 12.7. The Bertz CT molecular complexity index is 365. The number of ether oxygens (including phenoxy) is 1. The van der Waals surface area contributed by atoms with E-state index in [1.165, 1.54) is 57.8 Å². The molecule has 1 aliphatic heterocycles. The molecular formula is C18H30O. The van der Waals surface area contributed by atoms with Crippen LogP contribution in [0.3, 0.4) is 0 Å². The molecule has 0 radical (unpaired) electrons. The second-order valence-corrected chi connectivity index (χ2v) is 8.53. The van der Waals surface area contributed by atoms with Gasteiger partial charge in [0, 0.05) is 6.61 Å². The van der Waals surface area contributed by atoms with Gasteiger partial charge in [-0.25, -0.2) is 0 Å². The van der Waals surface area contributed by atoms with Crippen LogP contribution in [-0.2, 0) is 4.74 Å². The minimum absolute atomic E-state index is 0.527. The minimum atomic E-state index is 0.527. The van der Waals surface area contributed by atoms with Crippen LogP contribution in [0.1, 0.15) is 71.6 Å². The van der Waals surface area contributed by atoms with Crippen LogP contribution < -0.4 is 0 Å². The average Bonchev–Trinajstić information content (AvgIpc) is 2.79. The first-order valence-electron chi connectivity index (χ1n) is 8.75. The highest BCUT2D eigenvalue weighted by molar-refractivity contribution is 5.07. The Kier molecular flexibility index (Phi) is 2.82. The summed E-state index contributed by atoms with van der Waals surface area (Å²) in [5, 5.41) is 0. The largest absolute Gasteiger partial charge is 0.377 e. The summed E-state index contributed by atoms with van der Waals surface area (Å²) in [4.78, 5) is 0. The Balaban J connectivity index is 1.64. The van der Waals surface area contributed by atoms with Crippen molar-refractivity contribution in [1.29, 1.82) is 0 Å². The maximum Gasteiger partial charge on any atom is 0.0660 e. The fraction of sp³-hybridized carbons (Fsp3) is 1.00. The molecule has 3 aliphatic carbocycles. The van der Waals surface area contributed by atoms with Crippen molar-refractivity contribution in [1.82, 2.24) is 0 Å². The van der Waals surface area contributed by atoms with Gasteiger partial charge in [0.1, 0.15) is 0 Å². The molecule has 3 saturated carbocycles. The van der Waals surface area contributed by atoms with Crippen LogP contribution in [0.4, 0.5) is 0 Å². The van der Waals surface area contributed by atoms with Gasteiger partial charge in [-0.2, -0.15) is 0 Å². The summed E-state index contributed by atoms with van der Waals surface area (Å²) >= 11 is 0. The Morgan fingerprint density at radius 1 is 0.895 bits per heavy atom. The molecule has 1 heterocycles. The van der Waals surface area contributed by atoms with Crippen molar-refractivity contribution in [3.8, 4) is 0 Å². The van der Waals surface area contributed by atoms with E-state index in [2.05, 4.69) is 13.8 Å². The number of hydrogen-bond acceptors (Lipinski definition) is 1. The van der Waals surface area contributed by atoms with E-state index in [0.717, 1.165) is 24.4 Å². The summed E-state index contributed by atoms with van der Waals surface area (Å²) in [5.74, 6) is 2.90. The topological polar surface area (TPSA) is 9.23 Å². The van der Waals surface area contributed by atoms with Gasteiger partial charge in [0.25, 0.3) is 0 Å². The van der Waals surface area contributed by atoms with Gasteiger partial charge in [-0.15, -0.1) is 0 Å². The third-order valence-corrected chi connectivity index (χ3v) is 7.74. The van der Waals surface area contributed by atoms with Crippen LogP contribution in [0.25, 0.3) is 0 Å². The number of hydrogen-bond donors (Lipinski definition) is 0. The maximum atomic E-state index is 6.25. The van der Waals surface area contributed by atoms with E-state index in [-0.39, 0.29) is 0 Å². The molecule has 1 heteroatoms. The van der Waals surface area contributed by atoms with Crippen LogP contribution in [0.5, 0.6) is 0 Å². The first-order chi connectivity index (χ1) is 9.13. The predicted octanol–water partition coefficient (Wildman–Crippen LogP) is 4.80. The molecule has 0 aromatic carbocycles. The van der Waals surface area contributed by atoms with E-state index >= 15 is 0 Å². The Labute approximate surface area is 118 Å². The zero-order chi connectivity index (χ0) is 13.1. The molecule has 4 fully saturated rings. The lowest BCUT2D eigenvalue weighted by molar-refractivity contribution is -0.133. The highest BCUT2D eigenvalue weighted by Crippen LogP contribution is 2.63. The predicted molar refractivity (Wildman–Crippen MR) is 78.0 cm³/mol. The van der Waals surface area contributed by atoms with Crippen LogP contribution >= 0.6 is 0 Å². The van der Waals surface area contributed by atoms with Crippen molar-refractivity contribution in [3.05, 3.63) is 0 Å². The smallest absolute Gasteiger partial charge is 0.0660 e. The van der Waals surface area contributed by atoms with E-state index in [1.807, 2.05) is 0 Å². The van der Waals surface area contributed by atoms with Gasteiger partial charge >= 0.3 is 0 Å². The number of rotatable bonds is 0. The summed E-state index contributed by atoms with van der Waals surface area (Å²) in [6, 6.07) is 0. The SMILES string of the molecule is C[C@@]12CCO[C@H]1[C@@H]1CC[C@H]3CCCC[C@]3(C)[C@H]1CC2. The van der Waals surface area contributed by atoms with Crippen molar-refractivity contribution < 1.29 is 4.74 Å². The number of fused-ring (bicyclic) bond motifs is 5. The van der Waals surface area contributed by atoms with E-state index in [9.17, 15) is 0 Å². The molecule has 0 aromatic heterocycles. The second-order valence-electron chi connectivity index (χ2n) is 8.53. The highest BCUT2D eigenvalue weighted by atomic mass is 16.5. The van der Waals surface area contributed by atoms with Crippen molar-refractivity contribution in [2.24, 2.45) is 28.6 Å². The lowest BCUT2D eigenvalue weighted by atomic mass is 9.47. The first-order valence-corrected chi connectivity index (χ1v) is 8.75. The molecule has 4 rings (SSSR count). The van der Waals surface area contributed by atoms with Gasteiger partial charge in [-0.1, -0.05) is 26.7 Å². The van der Waals surface area contributed by atoms with E-state index in [1.54, 1.807) is 0 Å². The lowest BCUT2D eigenvalue weighted by Gasteiger charge is -2.59. The van der Waals surface area contributed by atoms with Crippen LogP contribution in [0.2, 0.25) is 0 Å². The summed E-state index contributed by atoms with van der Waals surface area (Å²) in [7, 11) is 0. The van der Waals surface area contributed by atoms with Crippen LogP contribution in [0, 0.1) is 28.6 Å². The lowest BCUT2D eigenvalue weighted by Crippen LogP contribution is -2.54. The minimum Gasteiger partial charge on any atom is -0.377 e. The molecule has 1 saturated heterocycles. The normalized spacial score (nSPS) is 57.2. The van der Waals surface area contributed by atoms with Gasteiger partial charge < -0.3 is 4.74 Å². The van der Waals surface area contributed by atoms with E-state index in [0.29, 0.717) is 16.9 Å². The van der Waals surface area contributed by atoms with Gasteiger partial charge in [0.05, 0.1) is 6.10 Å².